The van der Waals surface area contributed by atoms with Crippen LogP contribution < -0.4 is 15.4 Å². The van der Waals surface area contributed by atoms with Crippen LogP contribution in [0.2, 0.25) is 0 Å². The van der Waals surface area contributed by atoms with E-state index < -0.39 is 0 Å². The number of nitrogens with one attached hydrogen (secondary N) is 2. The SMILES string of the molecule is CCNC(=NCC(C)CN1CCN(C)CC1)NCC(C)Oc1cccc(F)c1.I. The Morgan fingerprint density at radius 1 is 1.21 bits per heavy atom. The van der Waals surface area contributed by atoms with Gasteiger partial charge in [0.15, 0.2) is 5.96 Å². The Labute approximate surface area is 192 Å². The van der Waals surface area contributed by atoms with E-state index in [1.165, 1.54) is 12.1 Å². The van der Waals surface area contributed by atoms with Crippen LogP contribution in [0.25, 0.3) is 0 Å². The molecule has 0 aliphatic carbocycles. The van der Waals surface area contributed by atoms with E-state index >= 15 is 0 Å². The third-order valence-electron chi connectivity index (χ3n) is 4.76. The van der Waals surface area contributed by atoms with E-state index in [4.69, 9.17) is 9.73 Å². The molecular formula is C21H37FIN5O. The number of ether oxygens (including phenoxy) is 1. The second-order valence-corrected chi connectivity index (χ2v) is 7.70. The van der Waals surface area contributed by atoms with E-state index in [-0.39, 0.29) is 35.9 Å². The summed E-state index contributed by atoms with van der Waals surface area (Å²) in [4.78, 5) is 9.63. The maximum absolute atomic E-state index is 13.3. The fourth-order valence-electron chi connectivity index (χ4n) is 3.17. The van der Waals surface area contributed by atoms with Crippen molar-refractivity contribution in [3.05, 3.63) is 30.1 Å². The summed E-state index contributed by atoms with van der Waals surface area (Å²) >= 11 is 0. The molecule has 2 rings (SSSR count). The van der Waals surface area contributed by atoms with E-state index in [0.717, 1.165) is 51.8 Å². The summed E-state index contributed by atoms with van der Waals surface area (Å²) in [6.45, 7) is 14.1. The molecule has 166 valence electrons. The Morgan fingerprint density at radius 3 is 2.59 bits per heavy atom. The Bertz CT molecular complexity index is 610. The van der Waals surface area contributed by atoms with Crippen LogP contribution in [-0.2, 0) is 0 Å². The van der Waals surface area contributed by atoms with Crippen LogP contribution in [0.4, 0.5) is 4.39 Å². The first-order chi connectivity index (χ1) is 13.5. The topological polar surface area (TPSA) is 52.1 Å². The van der Waals surface area contributed by atoms with Gasteiger partial charge < -0.3 is 25.2 Å². The number of hydrogen-bond acceptors (Lipinski definition) is 4. The number of nitrogens with zero attached hydrogens (tertiary/aromatic N) is 3. The van der Waals surface area contributed by atoms with Gasteiger partial charge in [0.2, 0.25) is 0 Å². The molecule has 1 saturated heterocycles. The quantitative estimate of drug-likeness (QED) is 0.298. The van der Waals surface area contributed by atoms with Crippen molar-refractivity contribution in [1.82, 2.24) is 20.4 Å². The molecule has 0 aromatic heterocycles. The molecule has 29 heavy (non-hydrogen) atoms. The molecule has 1 fully saturated rings. The second kappa shape index (κ2) is 14.0. The number of hydrogen-bond donors (Lipinski definition) is 2. The molecule has 2 unspecified atom stereocenters. The first kappa shape index (κ1) is 25.9. The number of likely N-dealkylation sites (N-methyl/N-ethyl adjacent to an activating group) is 1. The van der Waals surface area contributed by atoms with Crippen molar-refractivity contribution in [3.63, 3.8) is 0 Å². The number of piperazine rings is 1. The van der Waals surface area contributed by atoms with Crippen LogP contribution in [-0.4, -0.2) is 81.3 Å². The molecule has 1 aromatic carbocycles. The highest BCUT2D eigenvalue weighted by Crippen LogP contribution is 2.13. The Kier molecular flexibility index (Phi) is 12.5. The van der Waals surface area contributed by atoms with E-state index in [1.54, 1.807) is 12.1 Å². The van der Waals surface area contributed by atoms with Crippen LogP contribution >= 0.6 is 24.0 Å². The molecule has 0 spiro atoms. The fourth-order valence-corrected chi connectivity index (χ4v) is 3.17. The van der Waals surface area contributed by atoms with E-state index in [1.807, 2.05) is 6.92 Å². The molecule has 0 saturated carbocycles. The van der Waals surface area contributed by atoms with Crippen molar-refractivity contribution >= 4 is 29.9 Å². The Balaban J connectivity index is 0.00000420. The van der Waals surface area contributed by atoms with Gasteiger partial charge in [-0.3, -0.25) is 4.99 Å². The van der Waals surface area contributed by atoms with Crippen molar-refractivity contribution in [1.29, 1.82) is 0 Å². The molecule has 0 amide bonds. The van der Waals surface area contributed by atoms with Gasteiger partial charge in [-0.15, -0.1) is 24.0 Å². The molecular weight excluding hydrogens is 484 g/mol. The van der Waals surface area contributed by atoms with Gasteiger partial charge in [0.05, 0.1) is 6.54 Å². The average Bonchev–Trinajstić information content (AvgIpc) is 2.66. The molecule has 1 aromatic rings. The molecule has 6 nitrogen and oxygen atoms in total. The molecule has 1 heterocycles. The van der Waals surface area contributed by atoms with Crippen molar-refractivity contribution in [2.45, 2.75) is 26.9 Å². The predicted octanol–water partition coefficient (Wildman–Crippen LogP) is 2.65. The summed E-state index contributed by atoms with van der Waals surface area (Å²) in [6, 6.07) is 6.22. The molecule has 8 heteroatoms. The smallest absolute Gasteiger partial charge is 0.191 e. The van der Waals surface area contributed by atoms with Gasteiger partial charge >= 0.3 is 0 Å². The monoisotopic (exact) mass is 521 g/mol. The standard InChI is InChI=1S/C21H36FN5O.HI/c1-5-23-21(24-14-17(2)16-27-11-9-26(4)10-12-27)25-15-18(3)28-20-8-6-7-19(22)13-20;/h6-8,13,17-18H,5,9-12,14-16H2,1-4H3,(H2,23,24,25);1H. The number of guanidine groups is 1. The van der Waals surface area contributed by atoms with Gasteiger partial charge in [-0.05, 0) is 38.9 Å². The summed E-state index contributed by atoms with van der Waals surface area (Å²) in [5.41, 5.74) is 0. The van der Waals surface area contributed by atoms with Crippen LogP contribution in [0, 0.1) is 11.7 Å². The number of benzene rings is 1. The first-order valence-electron chi connectivity index (χ1n) is 10.3. The van der Waals surface area contributed by atoms with Crippen molar-refractivity contribution < 1.29 is 9.13 Å². The minimum atomic E-state index is -0.290. The van der Waals surface area contributed by atoms with Gasteiger partial charge in [0.25, 0.3) is 0 Å². The summed E-state index contributed by atoms with van der Waals surface area (Å²) in [7, 11) is 2.18. The van der Waals surface area contributed by atoms with Gasteiger partial charge in [0, 0.05) is 51.9 Å². The van der Waals surface area contributed by atoms with Crippen LogP contribution in [0.15, 0.2) is 29.3 Å². The van der Waals surface area contributed by atoms with Crippen LogP contribution in [0.3, 0.4) is 0 Å². The lowest BCUT2D eigenvalue weighted by atomic mass is 10.1. The van der Waals surface area contributed by atoms with Crippen LogP contribution in [0.5, 0.6) is 5.75 Å². The molecule has 1 aliphatic heterocycles. The second-order valence-electron chi connectivity index (χ2n) is 7.70. The maximum Gasteiger partial charge on any atom is 0.191 e. The van der Waals surface area contributed by atoms with Gasteiger partial charge in [-0.25, -0.2) is 4.39 Å². The highest BCUT2D eigenvalue weighted by atomic mass is 127. The van der Waals surface area contributed by atoms with Gasteiger partial charge in [0.1, 0.15) is 17.7 Å². The van der Waals surface area contributed by atoms with E-state index in [0.29, 0.717) is 18.2 Å². The number of halogens is 2. The van der Waals surface area contributed by atoms with Crippen LogP contribution in [0.1, 0.15) is 20.8 Å². The average molecular weight is 521 g/mol. The zero-order valence-electron chi connectivity index (χ0n) is 18.2. The summed E-state index contributed by atoms with van der Waals surface area (Å²) in [5, 5.41) is 6.60. The molecule has 1 aliphatic rings. The van der Waals surface area contributed by atoms with Crippen molar-refractivity contribution in [2.24, 2.45) is 10.9 Å². The Hall–Kier alpha value is -1.13. The zero-order valence-corrected chi connectivity index (χ0v) is 20.5. The predicted molar refractivity (Wildman–Crippen MR) is 129 cm³/mol. The minimum Gasteiger partial charge on any atom is -0.489 e. The number of rotatable bonds is 9. The molecule has 0 radical (unpaired) electrons. The molecule has 0 bridgehead atoms. The van der Waals surface area contributed by atoms with Crippen molar-refractivity contribution in [3.8, 4) is 5.75 Å². The lowest BCUT2D eigenvalue weighted by Gasteiger charge is -2.33. The third kappa shape index (κ3) is 10.5. The van der Waals surface area contributed by atoms with E-state index in [2.05, 4.69) is 41.3 Å². The summed E-state index contributed by atoms with van der Waals surface area (Å²) in [5.74, 6) is 1.54. The van der Waals surface area contributed by atoms with E-state index in [9.17, 15) is 4.39 Å². The number of aliphatic imine (C=N–C) groups is 1. The maximum atomic E-state index is 13.3. The minimum absolute atomic E-state index is 0. The summed E-state index contributed by atoms with van der Waals surface area (Å²) in [6.07, 6.45) is -0.103. The van der Waals surface area contributed by atoms with Gasteiger partial charge in [-0.1, -0.05) is 13.0 Å². The largest absolute Gasteiger partial charge is 0.489 e. The summed E-state index contributed by atoms with van der Waals surface area (Å²) < 4.78 is 19.0. The lowest BCUT2D eigenvalue weighted by molar-refractivity contribution is 0.140. The first-order valence-corrected chi connectivity index (χ1v) is 10.3. The third-order valence-corrected chi connectivity index (χ3v) is 4.76. The molecule has 2 N–H and O–H groups in total. The normalized spacial score (nSPS) is 17.9. The highest BCUT2D eigenvalue weighted by Gasteiger charge is 2.16. The highest BCUT2D eigenvalue weighted by molar-refractivity contribution is 14.0. The van der Waals surface area contributed by atoms with Crippen molar-refractivity contribution in [2.75, 3.05) is 59.4 Å². The molecule has 2 atom stereocenters. The Morgan fingerprint density at radius 2 is 1.93 bits per heavy atom. The fraction of sp³-hybridized carbons (Fsp3) is 0.667. The van der Waals surface area contributed by atoms with Gasteiger partial charge in [-0.2, -0.15) is 0 Å². The lowest BCUT2D eigenvalue weighted by Crippen LogP contribution is -2.46. The zero-order chi connectivity index (χ0) is 20.4.